The smallest absolute Gasteiger partial charge is 0.153 e. The third-order valence-corrected chi connectivity index (χ3v) is 4.61. The van der Waals surface area contributed by atoms with E-state index in [9.17, 15) is 12.8 Å². The lowest BCUT2D eigenvalue weighted by atomic mass is 10.3. The van der Waals surface area contributed by atoms with Crippen molar-refractivity contribution in [2.45, 2.75) is 23.3 Å². The van der Waals surface area contributed by atoms with Crippen LogP contribution in [-0.4, -0.2) is 24.5 Å². The molecule has 0 aliphatic rings. The summed E-state index contributed by atoms with van der Waals surface area (Å²) in [6, 6.07) is 4.14. The van der Waals surface area contributed by atoms with Crippen LogP contribution < -0.4 is 4.72 Å². The molecule has 0 spiro atoms. The molecule has 1 aromatic carbocycles. The Bertz CT molecular complexity index is 672. The van der Waals surface area contributed by atoms with Crippen molar-refractivity contribution >= 4 is 27.5 Å². The van der Waals surface area contributed by atoms with Gasteiger partial charge in [0.2, 0.25) is 0 Å². The number of aromatic nitrogens is 2. The number of nitrogens with one attached hydrogen (secondary N) is 1. The zero-order chi connectivity index (χ0) is 14.7. The molecule has 108 valence electrons. The third kappa shape index (κ3) is 3.31. The van der Waals surface area contributed by atoms with Crippen LogP contribution in [0.2, 0.25) is 0 Å². The fraction of sp³-hybridized carbons (Fsp3) is 0.250. The molecule has 0 fully saturated rings. The summed E-state index contributed by atoms with van der Waals surface area (Å²) in [7, 11) is -2.90. The minimum Gasteiger partial charge on any atom is -0.301 e. The van der Waals surface area contributed by atoms with Gasteiger partial charge >= 0.3 is 0 Å². The monoisotopic (exact) mass is 315 g/mol. The van der Waals surface area contributed by atoms with E-state index in [2.05, 4.69) is 9.82 Å². The van der Waals surface area contributed by atoms with Crippen molar-refractivity contribution in [2.75, 3.05) is 11.0 Å². The lowest BCUT2D eigenvalue weighted by Crippen LogP contribution is -2.05. The molecule has 2 atom stereocenters. The number of hydrogen-bond donors (Lipinski definition) is 1. The van der Waals surface area contributed by atoms with E-state index >= 15 is 0 Å². The summed E-state index contributed by atoms with van der Waals surface area (Å²) >= 11 is 0. The second-order valence-electron chi connectivity index (χ2n) is 4.00. The zero-order valence-corrected chi connectivity index (χ0v) is 12.6. The maximum absolute atomic E-state index is 13.7. The normalized spacial score (nSPS) is 13.9. The first-order valence-electron chi connectivity index (χ1n) is 5.85. The van der Waals surface area contributed by atoms with Crippen LogP contribution in [0.15, 0.2) is 40.4 Å². The van der Waals surface area contributed by atoms with Crippen LogP contribution in [0.3, 0.4) is 0 Å². The molecule has 0 saturated carbocycles. The molecule has 2 aromatic rings. The number of halogens is 1. The van der Waals surface area contributed by atoms with Crippen LogP contribution in [-0.2, 0) is 28.3 Å². The van der Waals surface area contributed by atoms with E-state index in [4.69, 9.17) is 0 Å². The Morgan fingerprint density at radius 3 is 2.70 bits per heavy atom. The summed E-state index contributed by atoms with van der Waals surface area (Å²) in [6.07, 6.45) is 4.57. The number of anilines is 1. The predicted octanol–water partition coefficient (Wildman–Crippen LogP) is 1.91. The summed E-state index contributed by atoms with van der Waals surface area (Å²) in [4.78, 5) is 0.635. The molecule has 1 N–H and O–H groups in total. The van der Waals surface area contributed by atoms with Crippen LogP contribution in [0.5, 0.6) is 0 Å². The van der Waals surface area contributed by atoms with Crippen molar-refractivity contribution in [3.05, 3.63) is 36.4 Å². The molecule has 1 aromatic heterocycles. The van der Waals surface area contributed by atoms with Gasteiger partial charge in [0.05, 0.1) is 26.8 Å². The Hall–Kier alpha value is -1.54. The number of benzene rings is 1. The summed E-state index contributed by atoms with van der Waals surface area (Å²) in [5, 5.41) is 4.02. The summed E-state index contributed by atoms with van der Waals surface area (Å²) in [6.45, 7) is 2.61. The van der Waals surface area contributed by atoms with Crippen LogP contribution in [0, 0.1) is 5.82 Å². The van der Waals surface area contributed by atoms with E-state index in [1.807, 2.05) is 6.92 Å². The minimum absolute atomic E-state index is 0.125. The van der Waals surface area contributed by atoms with Gasteiger partial charge < -0.3 is 4.72 Å². The maximum atomic E-state index is 13.7. The van der Waals surface area contributed by atoms with E-state index in [-0.39, 0.29) is 4.90 Å². The van der Waals surface area contributed by atoms with Gasteiger partial charge in [-0.15, -0.1) is 0 Å². The first-order valence-corrected chi connectivity index (χ1v) is 8.56. The predicted molar refractivity (Wildman–Crippen MR) is 76.7 cm³/mol. The van der Waals surface area contributed by atoms with Crippen molar-refractivity contribution in [1.82, 2.24) is 9.78 Å². The van der Waals surface area contributed by atoms with E-state index in [0.29, 0.717) is 17.1 Å². The first kappa shape index (κ1) is 14.9. The van der Waals surface area contributed by atoms with E-state index in [1.54, 1.807) is 16.9 Å². The van der Waals surface area contributed by atoms with Gasteiger partial charge in [0.15, 0.2) is 11.0 Å². The Balaban J connectivity index is 2.15. The van der Waals surface area contributed by atoms with Gasteiger partial charge in [-0.2, -0.15) is 5.10 Å². The van der Waals surface area contributed by atoms with Gasteiger partial charge in [-0.1, -0.05) is 0 Å². The molecule has 0 unspecified atom stereocenters. The average molecular weight is 315 g/mol. The van der Waals surface area contributed by atoms with Gasteiger partial charge in [-0.25, -0.2) is 8.60 Å². The standard InChI is InChI=1S/C12H14FN3O2S2/c1-3-16-8-10(7-14-16)20(18)15-9-4-5-12(19(2)17)11(13)6-9/h4-8,15H,3H2,1-2H3/t19-,20+/m1/s1. The van der Waals surface area contributed by atoms with Crippen molar-refractivity contribution in [3.8, 4) is 0 Å². The van der Waals surface area contributed by atoms with Gasteiger partial charge in [0.25, 0.3) is 0 Å². The Morgan fingerprint density at radius 2 is 2.15 bits per heavy atom. The molecule has 8 heteroatoms. The van der Waals surface area contributed by atoms with E-state index in [0.717, 1.165) is 0 Å². The van der Waals surface area contributed by atoms with Crippen molar-refractivity contribution in [1.29, 1.82) is 0 Å². The second-order valence-corrected chi connectivity index (χ2v) is 6.56. The maximum Gasteiger partial charge on any atom is 0.153 e. The highest BCUT2D eigenvalue weighted by molar-refractivity contribution is 7.86. The highest BCUT2D eigenvalue weighted by Crippen LogP contribution is 2.18. The number of rotatable bonds is 5. The molecule has 0 aliphatic heterocycles. The number of hydrogen-bond acceptors (Lipinski definition) is 3. The molecule has 1 heterocycles. The minimum atomic E-state index is -1.52. The van der Waals surface area contributed by atoms with Gasteiger partial charge in [-0.3, -0.25) is 8.89 Å². The highest BCUT2D eigenvalue weighted by Gasteiger charge is 2.10. The molecule has 0 amide bonds. The fourth-order valence-corrected chi connectivity index (χ4v) is 2.99. The molecule has 0 saturated heterocycles. The van der Waals surface area contributed by atoms with Crippen molar-refractivity contribution in [2.24, 2.45) is 0 Å². The average Bonchev–Trinajstić information content (AvgIpc) is 2.87. The Labute approximate surface area is 121 Å². The molecule has 5 nitrogen and oxygen atoms in total. The number of aryl methyl sites for hydroxylation is 1. The fourth-order valence-electron chi connectivity index (χ4n) is 1.58. The van der Waals surface area contributed by atoms with E-state index in [1.165, 1.54) is 24.6 Å². The molecular weight excluding hydrogens is 301 g/mol. The van der Waals surface area contributed by atoms with Gasteiger partial charge in [0.1, 0.15) is 5.82 Å². The summed E-state index contributed by atoms with van der Waals surface area (Å²) < 4.78 is 41.3. The molecule has 2 rings (SSSR count). The highest BCUT2D eigenvalue weighted by atomic mass is 32.2. The Kier molecular flexibility index (Phi) is 4.66. The third-order valence-electron chi connectivity index (χ3n) is 2.60. The Morgan fingerprint density at radius 1 is 1.40 bits per heavy atom. The zero-order valence-electron chi connectivity index (χ0n) is 11.0. The van der Waals surface area contributed by atoms with Crippen LogP contribution >= 0.6 is 0 Å². The second kappa shape index (κ2) is 6.27. The molecule has 0 bridgehead atoms. The largest absolute Gasteiger partial charge is 0.301 e. The molecular formula is C12H14FN3O2S2. The molecule has 0 aliphatic carbocycles. The van der Waals surface area contributed by atoms with Crippen LogP contribution in [0.1, 0.15) is 6.92 Å². The number of nitrogens with zero attached hydrogens (tertiary/aromatic N) is 2. The lowest BCUT2D eigenvalue weighted by Gasteiger charge is -2.06. The van der Waals surface area contributed by atoms with Gasteiger partial charge in [-0.05, 0) is 25.1 Å². The van der Waals surface area contributed by atoms with Crippen molar-refractivity contribution in [3.63, 3.8) is 0 Å². The SMILES string of the molecule is CCn1cc([S@](=O)Nc2ccc([S@@](C)=O)c(F)c2)cn1. The summed E-state index contributed by atoms with van der Waals surface area (Å²) in [5.41, 5.74) is 0.360. The quantitative estimate of drug-likeness (QED) is 0.917. The topological polar surface area (TPSA) is 64.0 Å². The summed E-state index contributed by atoms with van der Waals surface area (Å²) in [5.74, 6) is -0.586. The van der Waals surface area contributed by atoms with E-state index < -0.39 is 27.6 Å². The molecule has 0 radical (unpaired) electrons. The lowest BCUT2D eigenvalue weighted by molar-refractivity contribution is 0.597. The van der Waals surface area contributed by atoms with Gasteiger partial charge in [0, 0.05) is 24.7 Å². The first-order chi connectivity index (χ1) is 9.51. The molecule has 20 heavy (non-hydrogen) atoms. The van der Waals surface area contributed by atoms with Crippen molar-refractivity contribution < 1.29 is 12.8 Å². The van der Waals surface area contributed by atoms with Crippen LogP contribution in [0.25, 0.3) is 0 Å². The van der Waals surface area contributed by atoms with Crippen LogP contribution in [0.4, 0.5) is 10.1 Å².